The van der Waals surface area contributed by atoms with Gasteiger partial charge in [0.15, 0.2) is 6.10 Å². The van der Waals surface area contributed by atoms with Crippen molar-refractivity contribution in [1.82, 2.24) is 9.80 Å². The number of halogens is 2. The molecule has 0 bridgehead atoms. The lowest BCUT2D eigenvalue weighted by atomic mass is 10.1. The van der Waals surface area contributed by atoms with Crippen molar-refractivity contribution in [3.63, 3.8) is 0 Å². The fraction of sp³-hybridized carbons (Fsp3) is 0.364. The number of piperazine rings is 1. The minimum atomic E-state index is -0.702. The molecular formula is C22H24Cl2N2O4. The number of carbonyl (C=O) groups is 2. The first kappa shape index (κ1) is 22.2. The molecule has 30 heavy (non-hydrogen) atoms. The summed E-state index contributed by atoms with van der Waals surface area (Å²) in [5, 5.41) is 0.851. The minimum absolute atomic E-state index is 0.0716. The van der Waals surface area contributed by atoms with Gasteiger partial charge in [-0.3, -0.25) is 9.59 Å². The Balaban J connectivity index is 1.57. The van der Waals surface area contributed by atoms with Crippen LogP contribution in [0.15, 0.2) is 36.4 Å². The van der Waals surface area contributed by atoms with E-state index in [0.717, 1.165) is 5.56 Å². The normalized spacial score (nSPS) is 15.0. The Bertz CT molecular complexity index is 943. The molecule has 1 aliphatic rings. The van der Waals surface area contributed by atoms with Gasteiger partial charge in [0.1, 0.15) is 11.5 Å². The first-order valence-electron chi connectivity index (χ1n) is 9.64. The summed E-state index contributed by atoms with van der Waals surface area (Å²) in [5.41, 5.74) is 1.55. The Kier molecular flexibility index (Phi) is 7.10. The Morgan fingerprint density at radius 2 is 1.63 bits per heavy atom. The van der Waals surface area contributed by atoms with Crippen molar-refractivity contribution in [3.8, 4) is 11.5 Å². The van der Waals surface area contributed by atoms with Crippen molar-refractivity contribution >= 4 is 35.0 Å². The third-order valence-electron chi connectivity index (χ3n) is 5.08. The molecular weight excluding hydrogens is 427 g/mol. The van der Waals surface area contributed by atoms with Gasteiger partial charge >= 0.3 is 0 Å². The molecule has 1 aliphatic heterocycles. The number of carbonyl (C=O) groups excluding carboxylic acids is 2. The number of rotatable bonds is 5. The second-order valence-electron chi connectivity index (χ2n) is 7.14. The number of benzene rings is 2. The van der Waals surface area contributed by atoms with Crippen molar-refractivity contribution < 1.29 is 19.1 Å². The first-order valence-corrected chi connectivity index (χ1v) is 10.4. The molecule has 160 valence electrons. The molecule has 1 fully saturated rings. The van der Waals surface area contributed by atoms with Gasteiger partial charge in [-0.2, -0.15) is 0 Å². The fourth-order valence-corrected chi connectivity index (χ4v) is 3.79. The highest BCUT2D eigenvalue weighted by molar-refractivity contribution is 6.35. The van der Waals surface area contributed by atoms with E-state index in [0.29, 0.717) is 53.3 Å². The highest BCUT2D eigenvalue weighted by atomic mass is 35.5. The van der Waals surface area contributed by atoms with E-state index < -0.39 is 6.10 Å². The van der Waals surface area contributed by atoms with Crippen LogP contribution in [-0.4, -0.2) is 61.0 Å². The van der Waals surface area contributed by atoms with Gasteiger partial charge in [0.05, 0.1) is 12.1 Å². The highest BCUT2D eigenvalue weighted by Gasteiger charge is 2.28. The molecule has 1 heterocycles. The van der Waals surface area contributed by atoms with Gasteiger partial charge in [0, 0.05) is 36.8 Å². The maximum atomic E-state index is 12.8. The summed E-state index contributed by atoms with van der Waals surface area (Å²) >= 11 is 12.0. The lowest BCUT2D eigenvalue weighted by Crippen LogP contribution is -2.53. The van der Waals surface area contributed by atoms with Crippen LogP contribution in [0.5, 0.6) is 11.5 Å². The Morgan fingerprint density at radius 3 is 2.27 bits per heavy atom. The fourth-order valence-electron chi connectivity index (χ4n) is 3.33. The SMILES string of the molecule is COc1cc(C(=O)N2CCN(C(=O)C(C)Oc3ccc(Cl)cc3Cl)CC2)ccc1C. The van der Waals surface area contributed by atoms with Gasteiger partial charge in [-0.05, 0) is 49.7 Å². The predicted octanol–water partition coefficient (Wildman–Crippen LogP) is 4.06. The largest absolute Gasteiger partial charge is 0.496 e. The summed E-state index contributed by atoms with van der Waals surface area (Å²) in [6.07, 6.45) is -0.702. The smallest absolute Gasteiger partial charge is 0.263 e. The molecule has 0 saturated carbocycles. The van der Waals surface area contributed by atoms with Crippen LogP contribution in [0.2, 0.25) is 10.0 Å². The molecule has 3 rings (SSSR count). The van der Waals surface area contributed by atoms with Gasteiger partial charge in [-0.1, -0.05) is 29.3 Å². The van der Waals surface area contributed by atoms with Crippen molar-refractivity contribution in [1.29, 1.82) is 0 Å². The van der Waals surface area contributed by atoms with E-state index in [1.165, 1.54) is 0 Å². The van der Waals surface area contributed by atoms with Crippen molar-refractivity contribution in [2.24, 2.45) is 0 Å². The van der Waals surface area contributed by atoms with E-state index in [4.69, 9.17) is 32.7 Å². The van der Waals surface area contributed by atoms with Crippen molar-refractivity contribution in [2.45, 2.75) is 20.0 Å². The Morgan fingerprint density at radius 1 is 0.967 bits per heavy atom. The second kappa shape index (κ2) is 9.58. The van der Waals surface area contributed by atoms with E-state index >= 15 is 0 Å². The molecule has 0 radical (unpaired) electrons. The molecule has 2 aromatic rings. The maximum Gasteiger partial charge on any atom is 0.263 e. The van der Waals surface area contributed by atoms with E-state index in [-0.39, 0.29) is 11.8 Å². The summed E-state index contributed by atoms with van der Waals surface area (Å²) in [6, 6.07) is 10.3. The highest BCUT2D eigenvalue weighted by Crippen LogP contribution is 2.28. The number of aryl methyl sites for hydroxylation is 1. The van der Waals surface area contributed by atoms with Crippen molar-refractivity contribution in [2.75, 3.05) is 33.3 Å². The van der Waals surface area contributed by atoms with E-state index in [1.54, 1.807) is 54.2 Å². The number of hydrogen-bond acceptors (Lipinski definition) is 4. The van der Waals surface area contributed by atoms with E-state index in [1.807, 2.05) is 13.0 Å². The molecule has 1 unspecified atom stereocenters. The number of hydrogen-bond donors (Lipinski definition) is 0. The summed E-state index contributed by atoms with van der Waals surface area (Å²) in [6.45, 7) is 5.40. The Labute approximate surface area is 186 Å². The van der Waals surface area contributed by atoms with Crippen LogP contribution in [0.25, 0.3) is 0 Å². The lowest BCUT2D eigenvalue weighted by Gasteiger charge is -2.36. The number of nitrogens with zero attached hydrogens (tertiary/aromatic N) is 2. The van der Waals surface area contributed by atoms with Gasteiger partial charge in [0.2, 0.25) is 0 Å². The molecule has 1 atom stereocenters. The molecule has 2 amide bonds. The molecule has 0 aliphatic carbocycles. The van der Waals surface area contributed by atoms with Crippen LogP contribution in [-0.2, 0) is 4.79 Å². The Hall–Kier alpha value is -2.44. The summed E-state index contributed by atoms with van der Waals surface area (Å²) < 4.78 is 11.0. The minimum Gasteiger partial charge on any atom is -0.496 e. The zero-order valence-corrected chi connectivity index (χ0v) is 18.7. The predicted molar refractivity (Wildman–Crippen MR) is 117 cm³/mol. The molecule has 0 spiro atoms. The van der Waals surface area contributed by atoms with E-state index in [2.05, 4.69) is 0 Å². The molecule has 8 heteroatoms. The summed E-state index contributed by atoms with van der Waals surface area (Å²) in [7, 11) is 1.58. The van der Waals surface area contributed by atoms with Crippen LogP contribution < -0.4 is 9.47 Å². The first-order chi connectivity index (χ1) is 14.3. The average Bonchev–Trinajstić information content (AvgIpc) is 2.75. The molecule has 2 aromatic carbocycles. The third-order valence-corrected chi connectivity index (χ3v) is 5.61. The van der Waals surface area contributed by atoms with Crippen LogP contribution in [0, 0.1) is 6.92 Å². The van der Waals surface area contributed by atoms with Gasteiger partial charge in [-0.25, -0.2) is 0 Å². The zero-order valence-electron chi connectivity index (χ0n) is 17.2. The molecule has 0 N–H and O–H groups in total. The quantitative estimate of drug-likeness (QED) is 0.688. The van der Waals surface area contributed by atoms with E-state index in [9.17, 15) is 9.59 Å². The topological polar surface area (TPSA) is 59.1 Å². The van der Waals surface area contributed by atoms with Crippen LogP contribution in [0.3, 0.4) is 0 Å². The molecule has 6 nitrogen and oxygen atoms in total. The number of ether oxygens (including phenoxy) is 2. The summed E-state index contributed by atoms with van der Waals surface area (Å²) in [4.78, 5) is 29.0. The summed E-state index contributed by atoms with van der Waals surface area (Å²) in [5.74, 6) is 0.869. The number of amides is 2. The molecule has 0 aromatic heterocycles. The van der Waals surface area contributed by atoms with Crippen LogP contribution in [0.1, 0.15) is 22.8 Å². The van der Waals surface area contributed by atoms with Gasteiger partial charge < -0.3 is 19.3 Å². The van der Waals surface area contributed by atoms with Crippen LogP contribution in [0.4, 0.5) is 0 Å². The molecule has 1 saturated heterocycles. The van der Waals surface area contributed by atoms with Crippen molar-refractivity contribution in [3.05, 3.63) is 57.6 Å². The second-order valence-corrected chi connectivity index (χ2v) is 7.98. The monoisotopic (exact) mass is 450 g/mol. The third kappa shape index (κ3) is 4.99. The maximum absolute atomic E-state index is 12.8. The van der Waals surface area contributed by atoms with Crippen LogP contribution >= 0.6 is 23.2 Å². The number of methoxy groups -OCH3 is 1. The zero-order chi connectivity index (χ0) is 21.8. The lowest BCUT2D eigenvalue weighted by molar-refractivity contribution is -0.139. The van der Waals surface area contributed by atoms with Gasteiger partial charge in [0.25, 0.3) is 11.8 Å². The average molecular weight is 451 g/mol. The standard InChI is InChI=1S/C22H24Cl2N2O4/c1-14-4-5-16(12-20(14)29-3)22(28)26-10-8-25(9-11-26)21(27)15(2)30-19-7-6-17(23)13-18(19)24/h4-7,12-13,15H,8-11H2,1-3H3. The van der Waals surface area contributed by atoms with Gasteiger partial charge in [-0.15, -0.1) is 0 Å².